The Balaban J connectivity index is 1.55. The van der Waals surface area contributed by atoms with Crippen molar-refractivity contribution >= 4 is 40.5 Å². The Bertz CT molecular complexity index is 1010. The number of carbonyl (C=O) groups excluding carboxylic acids is 1. The molecule has 7 nitrogen and oxygen atoms in total. The summed E-state index contributed by atoms with van der Waals surface area (Å²) in [6, 6.07) is 14.9. The number of nitrogens with zero attached hydrogens (tertiary/aromatic N) is 3. The number of para-hydroxylation sites is 1. The minimum absolute atomic E-state index is 0.324. The summed E-state index contributed by atoms with van der Waals surface area (Å²) in [4.78, 5) is 22.8. The van der Waals surface area contributed by atoms with Gasteiger partial charge in [0.2, 0.25) is 0 Å². The number of anilines is 4. The van der Waals surface area contributed by atoms with Crippen molar-refractivity contribution in [3.05, 3.63) is 71.0 Å². The van der Waals surface area contributed by atoms with Gasteiger partial charge in [-0.15, -0.1) is 0 Å². The lowest BCUT2D eigenvalue weighted by molar-refractivity contribution is 0.0962. The predicted octanol–water partition coefficient (Wildman–Crippen LogP) is 3.16. The molecule has 0 bridgehead atoms. The molecule has 27 heavy (non-hydrogen) atoms. The highest BCUT2D eigenvalue weighted by Crippen LogP contribution is 2.37. The number of rotatable bonds is 4. The highest BCUT2D eigenvalue weighted by atomic mass is 35.5. The van der Waals surface area contributed by atoms with Crippen LogP contribution < -0.4 is 21.5 Å². The fourth-order valence-electron chi connectivity index (χ4n) is 3.09. The monoisotopic (exact) mass is 380 g/mol. The third-order valence-electron chi connectivity index (χ3n) is 4.42. The number of aromatic nitrogens is 2. The molecule has 2 aromatic carbocycles. The molecular formula is C19H17ClN6O. The third-order valence-corrected chi connectivity index (χ3v) is 4.75. The van der Waals surface area contributed by atoms with E-state index in [1.54, 1.807) is 24.3 Å². The summed E-state index contributed by atoms with van der Waals surface area (Å²) in [6.07, 6.45) is 2.34. The molecule has 8 heteroatoms. The van der Waals surface area contributed by atoms with Gasteiger partial charge in [0, 0.05) is 12.2 Å². The number of hydrogen-bond acceptors (Lipinski definition) is 6. The van der Waals surface area contributed by atoms with E-state index in [2.05, 4.69) is 26.9 Å². The topological polar surface area (TPSA) is 96.2 Å². The number of halogens is 1. The number of benzene rings is 2. The zero-order valence-electron chi connectivity index (χ0n) is 14.3. The fourth-order valence-corrected chi connectivity index (χ4v) is 3.31. The molecule has 0 saturated heterocycles. The smallest absolute Gasteiger partial charge is 0.271 e. The average Bonchev–Trinajstić information content (AvgIpc) is 3.11. The van der Waals surface area contributed by atoms with E-state index < -0.39 is 0 Å². The van der Waals surface area contributed by atoms with E-state index in [1.165, 1.54) is 11.9 Å². The lowest BCUT2D eigenvalue weighted by Crippen LogP contribution is -2.31. The second-order valence-corrected chi connectivity index (χ2v) is 6.46. The highest BCUT2D eigenvalue weighted by molar-refractivity contribution is 6.33. The predicted molar refractivity (Wildman–Crippen MR) is 106 cm³/mol. The molecule has 0 spiro atoms. The molecule has 4 rings (SSSR count). The summed E-state index contributed by atoms with van der Waals surface area (Å²) in [5, 5.41) is 0.363. The van der Waals surface area contributed by atoms with Gasteiger partial charge in [-0.1, -0.05) is 41.9 Å². The number of amides is 1. The number of hydrazine groups is 1. The Kier molecular flexibility index (Phi) is 4.52. The second kappa shape index (κ2) is 7.13. The van der Waals surface area contributed by atoms with Crippen molar-refractivity contribution in [2.75, 3.05) is 22.6 Å². The van der Waals surface area contributed by atoms with Crippen molar-refractivity contribution in [3.63, 3.8) is 0 Å². The fraction of sp³-hybridized carbons (Fsp3) is 0.105. The first-order valence-electron chi connectivity index (χ1n) is 8.42. The maximum atomic E-state index is 12.3. The van der Waals surface area contributed by atoms with Gasteiger partial charge in [0.25, 0.3) is 5.91 Å². The Morgan fingerprint density at radius 1 is 1.11 bits per heavy atom. The van der Waals surface area contributed by atoms with Crippen LogP contribution in [-0.4, -0.2) is 22.4 Å². The number of hydrogen-bond donors (Lipinski definition) is 3. The van der Waals surface area contributed by atoms with Gasteiger partial charge in [0.1, 0.15) is 12.0 Å². The first-order chi connectivity index (χ1) is 13.1. The number of nitrogens with two attached hydrogens (primary N) is 1. The zero-order valence-corrected chi connectivity index (χ0v) is 15.1. The van der Waals surface area contributed by atoms with E-state index in [4.69, 9.17) is 17.3 Å². The number of carbonyl (C=O) groups is 1. The SMILES string of the molecule is Nc1c(NNC(=O)c2ccccc2Cl)ncnc1N1CCc2ccccc21. The largest absolute Gasteiger partial charge is 0.393 e. The van der Waals surface area contributed by atoms with Gasteiger partial charge in [0.15, 0.2) is 11.6 Å². The molecule has 0 aliphatic carbocycles. The van der Waals surface area contributed by atoms with E-state index >= 15 is 0 Å². The van der Waals surface area contributed by atoms with Gasteiger partial charge in [-0.25, -0.2) is 9.97 Å². The second-order valence-electron chi connectivity index (χ2n) is 6.05. The van der Waals surface area contributed by atoms with E-state index in [9.17, 15) is 4.79 Å². The van der Waals surface area contributed by atoms with Gasteiger partial charge in [-0.2, -0.15) is 0 Å². The minimum Gasteiger partial charge on any atom is -0.393 e. The van der Waals surface area contributed by atoms with Crippen molar-refractivity contribution < 1.29 is 4.79 Å². The molecule has 1 aromatic heterocycles. The molecule has 4 N–H and O–H groups in total. The Hall–Kier alpha value is -3.32. The van der Waals surface area contributed by atoms with E-state index in [1.807, 2.05) is 23.1 Å². The maximum absolute atomic E-state index is 12.3. The van der Waals surface area contributed by atoms with Crippen LogP contribution in [-0.2, 0) is 6.42 Å². The van der Waals surface area contributed by atoms with E-state index in [-0.39, 0.29) is 5.91 Å². The summed E-state index contributed by atoms with van der Waals surface area (Å²) in [7, 11) is 0. The van der Waals surface area contributed by atoms with Crippen LogP contribution in [0.2, 0.25) is 5.02 Å². The summed E-state index contributed by atoms with van der Waals surface area (Å²) in [5.41, 5.74) is 14.6. The third kappa shape index (κ3) is 3.24. The number of fused-ring (bicyclic) bond motifs is 1. The first kappa shape index (κ1) is 17.1. The molecular weight excluding hydrogens is 364 g/mol. The lowest BCUT2D eigenvalue weighted by atomic mass is 10.2. The molecule has 0 saturated carbocycles. The molecule has 0 radical (unpaired) electrons. The molecule has 1 aliphatic rings. The summed E-state index contributed by atoms with van der Waals surface area (Å²) in [5.74, 6) is 0.543. The van der Waals surface area contributed by atoms with Gasteiger partial charge in [-0.3, -0.25) is 15.6 Å². The molecule has 1 aliphatic heterocycles. The first-order valence-corrected chi connectivity index (χ1v) is 8.80. The minimum atomic E-state index is -0.383. The molecule has 0 fully saturated rings. The molecule has 136 valence electrons. The molecule has 0 atom stereocenters. The Morgan fingerprint density at radius 2 is 1.89 bits per heavy atom. The van der Waals surface area contributed by atoms with Crippen molar-refractivity contribution in [2.24, 2.45) is 0 Å². The van der Waals surface area contributed by atoms with Crippen LogP contribution in [0.4, 0.5) is 23.0 Å². The van der Waals surface area contributed by atoms with E-state index in [0.29, 0.717) is 27.9 Å². The van der Waals surface area contributed by atoms with Crippen LogP contribution in [0, 0.1) is 0 Å². The van der Waals surface area contributed by atoms with Crippen LogP contribution in [0.1, 0.15) is 15.9 Å². The standard InChI is InChI=1S/C19H17ClN6O/c20-14-7-3-2-6-13(14)19(27)25-24-17-16(21)18(23-11-22-17)26-10-9-12-5-1-4-8-15(12)26/h1-8,11H,9-10,21H2,(H,25,27)(H,22,23,24). The van der Waals surface area contributed by atoms with Gasteiger partial charge in [0.05, 0.1) is 10.6 Å². The molecule has 3 aromatic rings. The normalized spacial score (nSPS) is 12.6. The zero-order chi connectivity index (χ0) is 18.8. The van der Waals surface area contributed by atoms with Gasteiger partial charge in [-0.05, 0) is 30.2 Å². The Morgan fingerprint density at radius 3 is 2.74 bits per heavy atom. The maximum Gasteiger partial charge on any atom is 0.271 e. The molecule has 2 heterocycles. The van der Waals surface area contributed by atoms with Crippen LogP contribution in [0.5, 0.6) is 0 Å². The number of nitrogens with one attached hydrogen (secondary N) is 2. The molecule has 0 unspecified atom stereocenters. The van der Waals surface area contributed by atoms with Crippen LogP contribution in [0.15, 0.2) is 54.9 Å². The lowest BCUT2D eigenvalue weighted by Gasteiger charge is -2.21. The Labute approximate surface area is 161 Å². The summed E-state index contributed by atoms with van der Waals surface area (Å²) >= 11 is 6.05. The number of nitrogen functional groups attached to an aromatic ring is 1. The van der Waals surface area contributed by atoms with Crippen molar-refractivity contribution in [2.45, 2.75) is 6.42 Å². The average molecular weight is 381 g/mol. The van der Waals surface area contributed by atoms with Crippen LogP contribution >= 0.6 is 11.6 Å². The summed E-state index contributed by atoms with van der Waals surface area (Å²) in [6.45, 7) is 0.784. The van der Waals surface area contributed by atoms with Gasteiger partial charge < -0.3 is 10.6 Å². The quantitative estimate of drug-likeness (QED) is 0.602. The van der Waals surface area contributed by atoms with Gasteiger partial charge >= 0.3 is 0 Å². The highest BCUT2D eigenvalue weighted by Gasteiger charge is 2.24. The van der Waals surface area contributed by atoms with E-state index in [0.717, 1.165) is 18.7 Å². The van der Waals surface area contributed by atoms with Crippen molar-refractivity contribution in [1.82, 2.24) is 15.4 Å². The summed E-state index contributed by atoms with van der Waals surface area (Å²) < 4.78 is 0. The van der Waals surface area contributed by atoms with Crippen LogP contribution in [0.3, 0.4) is 0 Å². The molecule has 1 amide bonds. The van der Waals surface area contributed by atoms with Crippen LogP contribution in [0.25, 0.3) is 0 Å². The van der Waals surface area contributed by atoms with Crippen molar-refractivity contribution in [3.8, 4) is 0 Å². The van der Waals surface area contributed by atoms with Crippen molar-refractivity contribution in [1.29, 1.82) is 0 Å².